The molecule has 2 N–H and O–H groups in total. The third-order valence-electron chi connectivity index (χ3n) is 7.19. The number of halogens is 1. The van der Waals surface area contributed by atoms with Gasteiger partial charge in [-0.15, -0.1) is 0 Å². The lowest BCUT2D eigenvalue weighted by atomic mass is 9.73. The number of carbonyl (C=O) groups is 3. The summed E-state index contributed by atoms with van der Waals surface area (Å²) in [5.74, 6) is -0.580. The summed E-state index contributed by atoms with van der Waals surface area (Å²) in [6.45, 7) is 0.695. The summed E-state index contributed by atoms with van der Waals surface area (Å²) in [6.07, 6.45) is 3.35. The van der Waals surface area contributed by atoms with Crippen LogP contribution in [0.1, 0.15) is 30.5 Å². The number of ketones is 1. The van der Waals surface area contributed by atoms with Crippen molar-refractivity contribution in [2.75, 3.05) is 26.2 Å². The van der Waals surface area contributed by atoms with Crippen LogP contribution in [0.2, 0.25) is 5.02 Å². The molecular formula is C30H32ClN3O4. The molecule has 3 aromatic rings. The lowest BCUT2D eigenvalue weighted by Crippen LogP contribution is -2.50. The summed E-state index contributed by atoms with van der Waals surface area (Å²) >= 11 is 6.28. The predicted molar refractivity (Wildman–Crippen MR) is 146 cm³/mol. The molecule has 1 saturated heterocycles. The second-order valence-electron chi connectivity index (χ2n) is 9.62. The topological polar surface area (TPSA) is 103 Å². The van der Waals surface area contributed by atoms with Gasteiger partial charge in [0.15, 0.2) is 0 Å². The number of hydrogen-bond acceptors (Lipinski definition) is 6. The van der Waals surface area contributed by atoms with Gasteiger partial charge in [-0.3, -0.25) is 19.4 Å². The van der Waals surface area contributed by atoms with Crippen LogP contribution in [0.5, 0.6) is 0 Å². The number of Topliss-reactive ketones (excluding diaryl/α,β-unsaturated/α-hetero) is 1. The summed E-state index contributed by atoms with van der Waals surface area (Å²) in [7, 11) is 0. The maximum Gasteiger partial charge on any atom is 0.311 e. The van der Waals surface area contributed by atoms with Crippen molar-refractivity contribution in [2.24, 2.45) is 11.1 Å². The highest BCUT2D eigenvalue weighted by atomic mass is 35.5. The zero-order valence-electron chi connectivity index (χ0n) is 21.3. The maximum atomic E-state index is 13.5. The fraction of sp³-hybridized carbons (Fsp3) is 0.333. The summed E-state index contributed by atoms with van der Waals surface area (Å²) in [5, 5.41) is 0.620. The van der Waals surface area contributed by atoms with E-state index in [0.29, 0.717) is 43.1 Å². The molecule has 1 amide bonds. The number of nitrogens with two attached hydrogens (primary N) is 1. The number of pyridine rings is 1. The molecule has 8 heteroatoms. The summed E-state index contributed by atoms with van der Waals surface area (Å²) < 4.78 is 5.67. The smallest absolute Gasteiger partial charge is 0.311 e. The molecule has 0 atom stereocenters. The van der Waals surface area contributed by atoms with Gasteiger partial charge < -0.3 is 15.4 Å². The number of esters is 1. The molecule has 1 fully saturated rings. The number of aryl methyl sites for hydroxylation is 1. The minimum atomic E-state index is -0.854. The third kappa shape index (κ3) is 6.85. The summed E-state index contributed by atoms with van der Waals surface area (Å²) in [5.41, 5.74) is 8.17. The van der Waals surface area contributed by atoms with Crippen LogP contribution in [0.15, 0.2) is 72.9 Å². The Hall–Kier alpha value is -3.55. The van der Waals surface area contributed by atoms with Crippen LogP contribution in [0.4, 0.5) is 0 Å². The number of amides is 1. The van der Waals surface area contributed by atoms with Crippen molar-refractivity contribution in [2.45, 2.75) is 32.1 Å². The number of rotatable bonds is 10. The fourth-order valence-corrected chi connectivity index (χ4v) is 5.01. The van der Waals surface area contributed by atoms with E-state index < -0.39 is 11.4 Å². The van der Waals surface area contributed by atoms with Gasteiger partial charge >= 0.3 is 5.97 Å². The lowest BCUT2D eigenvalue weighted by Gasteiger charge is -2.40. The van der Waals surface area contributed by atoms with Crippen molar-refractivity contribution in [3.8, 4) is 11.1 Å². The number of nitrogens with zero attached hydrogens (tertiary/aromatic N) is 2. The molecule has 38 heavy (non-hydrogen) atoms. The first kappa shape index (κ1) is 27.5. The Bertz CT molecular complexity index is 1260. The van der Waals surface area contributed by atoms with Gasteiger partial charge in [0.25, 0.3) is 0 Å². The van der Waals surface area contributed by atoms with Gasteiger partial charge in [0.1, 0.15) is 12.4 Å². The van der Waals surface area contributed by atoms with E-state index in [4.69, 9.17) is 22.1 Å². The minimum absolute atomic E-state index is 0.00964. The number of ether oxygens (including phenoxy) is 1. The van der Waals surface area contributed by atoms with Gasteiger partial charge in [-0.1, -0.05) is 66.2 Å². The van der Waals surface area contributed by atoms with E-state index in [1.807, 2.05) is 60.7 Å². The highest BCUT2D eigenvalue weighted by Gasteiger charge is 2.42. The second-order valence-corrected chi connectivity index (χ2v) is 10.0. The van der Waals surface area contributed by atoms with Crippen LogP contribution in [-0.2, 0) is 32.0 Å². The van der Waals surface area contributed by atoms with Gasteiger partial charge in [0, 0.05) is 36.3 Å². The predicted octanol–water partition coefficient (Wildman–Crippen LogP) is 4.26. The van der Waals surface area contributed by atoms with E-state index in [9.17, 15) is 14.4 Å². The van der Waals surface area contributed by atoms with Crippen molar-refractivity contribution >= 4 is 29.3 Å². The molecule has 0 radical (unpaired) electrons. The van der Waals surface area contributed by atoms with Gasteiger partial charge in [-0.2, -0.15) is 0 Å². The third-order valence-corrected chi connectivity index (χ3v) is 7.55. The normalized spacial score (nSPS) is 14.6. The monoisotopic (exact) mass is 533 g/mol. The first-order valence-corrected chi connectivity index (χ1v) is 13.2. The molecule has 1 aliphatic heterocycles. The number of aromatic nitrogens is 1. The molecule has 0 unspecified atom stereocenters. The number of piperidine rings is 1. The Labute approximate surface area is 228 Å². The van der Waals surface area contributed by atoms with Crippen LogP contribution in [0, 0.1) is 5.41 Å². The molecule has 0 aliphatic carbocycles. The van der Waals surface area contributed by atoms with Crippen LogP contribution in [-0.4, -0.2) is 53.8 Å². The summed E-state index contributed by atoms with van der Waals surface area (Å²) in [6, 6.07) is 21.1. The number of likely N-dealkylation sites (tertiary alicyclic amines) is 1. The first-order valence-electron chi connectivity index (χ1n) is 12.8. The molecule has 1 aliphatic rings. The molecule has 2 aromatic carbocycles. The fourth-order valence-electron chi connectivity index (χ4n) is 4.78. The Morgan fingerprint density at radius 3 is 2.32 bits per heavy atom. The Kier molecular flexibility index (Phi) is 9.26. The van der Waals surface area contributed by atoms with Crippen LogP contribution in [0.3, 0.4) is 0 Å². The lowest BCUT2D eigenvalue weighted by molar-refractivity contribution is -0.154. The zero-order valence-corrected chi connectivity index (χ0v) is 22.0. The first-order chi connectivity index (χ1) is 18.4. The van der Waals surface area contributed by atoms with E-state index in [0.717, 1.165) is 16.7 Å². The van der Waals surface area contributed by atoms with E-state index in [2.05, 4.69) is 4.98 Å². The Morgan fingerprint density at radius 1 is 0.947 bits per heavy atom. The molecule has 198 valence electrons. The SMILES string of the molecule is NCC(=O)N1CCC(COC(=O)Cc2ccc(-c3ccccc3)cn2)(C(=O)CCc2ccccc2Cl)CC1. The largest absolute Gasteiger partial charge is 0.464 e. The number of carbonyl (C=O) groups excluding carboxylic acids is 3. The zero-order chi connectivity index (χ0) is 27.0. The van der Waals surface area contributed by atoms with Gasteiger partial charge in [0.05, 0.1) is 24.1 Å². The van der Waals surface area contributed by atoms with E-state index in [1.165, 1.54) is 0 Å². The van der Waals surface area contributed by atoms with E-state index >= 15 is 0 Å². The molecule has 0 saturated carbocycles. The quantitative estimate of drug-likeness (QED) is 0.391. The van der Waals surface area contributed by atoms with E-state index in [1.54, 1.807) is 17.2 Å². The van der Waals surface area contributed by atoms with Crippen LogP contribution < -0.4 is 5.73 Å². The molecule has 0 bridgehead atoms. The van der Waals surface area contributed by atoms with Crippen molar-refractivity contribution in [1.29, 1.82) is 0 Å². The van der Waals surface area contributed by atoms with Crippen molar-refractivity contribution < 1.29 is 19.1 Å². The molecule has 4 rings (SSSR count). The summed E-state index contributed by atoms with van der Waals surface area (Å²) in [4.78, 5) is 44.4. The molecular weight excluding hydrogens is 502 g/mol. The Morgan fingerprint density at radius 2 is 1.66 bits per heavy atom. The highest BCUT2D eigenvalue weighted by Crippen LogP contribution is 2.35. The highest BCUT2D eigenvalue weighted by molar-refractivity contribution is 6.31. The number of benzene rings is 2. The second kappa shape index (κ2) is 12.8. The van der Waals surface area contributed by atoms with E-state index in [-0.39, 0.29) is 37.7 Å². The van der Waals surface area contributed by atoms with Crippen molar-refractivity contribution in [3.05, 3.63) is 89.2 Å². The minimum Gasteiger partial charge on any atom is -0.464 e. The average molecular weight is 534 g/mol. The molecule has 0 spiro atoms. The van der Waals surface area contributed by atoms with Crippen LogP contribution >= 0.6 is 11.6 Å². The van der Waals surface area contributed by atoms with Gasteiger partial charge in [0.2, 0.25) is 5.91 Å². The molecule has 7 nitrogen and oxygen atoms in total. The van der Waals surface area contributed by atoms with Gasteiger partial charge in [-0.05, 0) is 42.5 Å². The van der Waals surface area contributed by atoms with Gasteiger partial charge in [-0.25, -0.2) is 0 Å². The van der Waals surface area contributed by atoms with Crippen LogP contribution in [0.25, 0.3) is 11.1 Å². The van der Waals surface area contributed by atoms with Crippen molar-refractivity contribution in [1.82, 2.24) is 9.88 Å². The number of hydrogen-bond donors (Lipinski definition) is 1. The molecule has 1 aromatic heterocycles. The maximum absolute atomic E-state index is 13.5. The standard InChI is InChI=1S/C30H32ClN3O4/c31-26-9-5-4-8-23(26)11-13-27(35)30(14-16-34(17-15-30)28(36)19-32)21-38-29(37)18-25-12-10-24(20-33-25)22-6-2-1-3-7-22/h1-10,12,20H,11,13-19,21,32H2. The molecule has 2 heterocycles. The average Bonchev–Trinajstić information content (AvgIpc) is 2.96. The van der Waals surface area contributed by atoms with Crippen molar-refractivity contribution in [3.63, 3.8) is 0 Å². The Balaban J connectivity index is 1.39.